The van der Waals surface area contributed by atoms with E-state index in [0.717, 1.165) is 42.5 Å². The van der Waals surface area contributed by atoms with Crippen LogP contribution in [-0.4, -0.2) is 33.5 Å². The van der Waals surface area contributed by atoms with Crippen LogP contribution in [0.5, 0.6) is 0 Å². The molecule has 3 aromatic rings. The zero-order chi connectivity index (χ0) is 20.4. The van der Waals surface area contributed by atoms with Crippen molar-refractivity contribution in [2.45, 2.75) is 39.8 Å². The SMILES string of the molecule is Cc1ccc2nc(CNC(=O)c3c(C)ccn(CC4CCCNC4)c3=O)[nH]c2c1. The molecular formula is C22H27N5O2. The number of piperidine rings is 1. The first-order valence-corrected chi connectivity index (χ1v) is 10.2. The van der Waals surface area contributed by atoms with E-state index >= 15 is 0 Å². The van der Waals surface area contributed by atoms with Gasteiger partial charge in [-0.05, 0) is 75.0 Å². The maximum absolute atomic E-state index is 13.0. The number of benzene rings is 1. The fourth-order valence-electron chi connectivity index (χ4n) is 3.96. The Morgan fingerprint density at radius 1 is 1.31 bits per heavy atom. The molecule has 152 valence electrons. The number of pyridine rings is 1. The van der Waals surface area contributed by atoms with Gasteiger partial charge in [-0.1, -0.05) is 6.07 Å². The maximum atomic E-state index is 13.0. The number of hydrogen-bond donors (Lipinski definition) is 3. The average Bonchev–Trinajstić information content (AvgIpc) is 3.11. The second-order valence-electron chi connectivity index (χ2n) is 7.93. The van der Waals surface area contributed by atoms with Crippen molar-refractivity contribution in [3.8, 4) is 0 Å². The van der Waals surface area contributed by atoms with Crippen LogP contribution in [0.25, 0.3) is 11.0 Å². The second-order valence-corrected chi connectivity index (χ2v) is 7.93. The van der Waals surface area contributed by atoms with Gasteiger partial charge in [-0.3, -0.25) is 9.59 Å². The van der Waals surface area contributed by atoms with E-state index in [-0.39, 0.29) is 23.6 Å². The van der Waals surface area contributed by atoms with Crippen molar-refractivity contribution in [2.75, 3.05) is 13.1 Å². The van der Waals surface area contributed by atoms with E-state index in [2.05, 4.69) is 20.6 Å². The highest BCUT2D eigenvalue weighted by atomic mass is 16.2. The van der Waals surface area contributed by atoms with E-state index in [9.17, 15) is 9.59 Å². The summed E-state index contributed by atoms with van der Waals surface area (Å²) in [6.07, 6.45) is 4.01. The molecule has 2 aromatic heterocycles. The van der Waals surface area contributed by atoms with E-state index < -0.39 is 0 Å². The van der Waals surface area contributed by atoms with E-state index in [1.165, 1.54) is 0 Å². The van der Waals surface area contributed by atoms with Crippen LogP contribution in [0.1, 0.15) is 40.2 Å². The lowest BCUT2D eigenvalue weighted by molar-refractivity contribution is 0.0947. The molecule has 1 fully saturated rings. The van der Waals surface area contributed by atoms with Crippen molar-refractivity contribution in [2.24, 2.45) is 5.92 Å². The van der Waals surface area contributed by atoms with E-state index in [4.69, 9.17) is 0 Å². The van der Waals surface area contributed by atoms with Gasteiger partial charge in [-0.2, -0.15) is 0 Å². The van der Waals surface area contributed by atoms with Gasteiger partial charge in [0, 0.05) is 12.7 Å². The van der Waals surface area contributed by atoms with Crippen LogP contribution in [0.3, 0.4) is 0 Å². The van der Waals surface area contributed by atoms with Gasteiger partial charge < -0.3 is 20.2 Å². The lowest BCUT2D eigenvalue weighted by Crippen LogP contribution is -2.38. The van der Waals surface area contributed by atoms with Gasteiger partial charge in [-0.15, -0.1) is 0 Å². The second kappa shape index (κ2) is 8.21. The molecule has 0 saturated carbocycles. The minimum atomic E-state index is -0.361. The summed E-state index contributed by atoms with van der Waals surface area (Å²) >= 11 is 0. The summed E-state index contributed by atoms with van der Waals surface area (Å²) in [4.78, 5) is 33.5. The van der Waals surface area contributed by atoms with Crippen molar-refractivity contribution in [3.63, 3.8) is 0 Å². The fourth-order valence-corrected chi connectivity index (χ4v) is 3.96. The molecule has 0 radical (unpaired) electrons. The quantitative estimate of drug-likeness (QED) is 0.620. The number of aryl methyl sites for hydroxylation is 2. The van der Waals surface area contributed by atoms with Crippen molar-refractivity contribution < 1.29 is 4.79 Å². The Hall–Kier alpha value is -2.93. The number of amides is 1. The molecule has 29 heavy (non-hydrogen) atoms. The number of hydrogen-bond acceptors (Lipinski definition) is 4. The van der Waals surface area contributed by atoms with Gasteiger partial charge in [0.1, 0.15) is 11.4 Å². The standard InChI is InChI=1S/C22H27N5O2/c1-14-5-6-17-18(10-14)26-19(25-17)12-24-21(28)20-15(2)7-9-27(22(20)29)13-16-4-3-8-23-11-16/h5-7,9-10,16,23H,3-4,8,11-13H2,1-2H3,(H,24,28)(H,25,26). The van der Waals surface area contributed by atoms with Gasteiger partial charge >= 0.3 is 0 Å². The van der Waals surface area contributed by atoms with Crippen molar-refractivity contribution in [3.05, 3.63) is 63.3 Å². The van der Waals surface area contributed by atoms with E-state index in [1.807, 2.05) is 31.2 Å². The number of aromatic amines is 1. The van der Waals surface area contributed by atoms with E-state index in [1.54, 1.807) is 17.7 Å². The van der Waals surface area contributed by atoms with Crippen LogP contribution in [0.4, 0.5) is 0 Å². The Balaban J connectivity index is 1.49. The molecule has 1 saturated heterocycles. The molecule has 1 unspecified atom stereocenters. The summed E-state index contributed by atoms with van der Waals surface area (Å²) in [7, 11) is 0. The van der Waals surface area contributed by atoms with Crippen molar-refractivity contribution in [1.29, 1.82) is 0 Å². The van der Waals surface area contributed by atoms with Crippen LogP contribution in [0.15, 0.2) is 35.3 Å². The third-order valence-electron chi connectivity index (χ3n) is 5.56. The van der Waals surface area contributed by atoms with Gasteiger partial charge in [0.15, 0.2) is 0 Å². The third-order valence-corrected chi connectivity index (χ3v) is 5.56. The summed E-state index contributed by atoms with van der Waals surface area (Å²) in [5, 5.41) is 6.22. The number of H-pyrrole nitrogens is 1. The van der Waals surface area contributed by atoms with Gasteiger partial charge in [0.2, 0.25) is 0 Å². The molecule has 3 N–H and O–H groups in total. The molecule has 7 nitrogen and oxygen atoms in total. The number of nitrogens with one attached hydrogen (secondary N) is 3. The molecule has 1 amide bonds. The molecule has 0 bridgehead atoms. The number of fused-ring (bicyclic) bond motifs is 1. The highest BCUT2D eigenvalue weighted by Gasteiger charge is 2.19. The summed E-state index contributed by atoms with van der Waals surface area (Å²) in [6.45, 7) is 6.64. The Kier molecular flexibility index (Phi) is 5.49. The molecule has 1 atom stereocenters. The lowest BCUT2D eigenvalue weighted by Gasteiger charge is -2.23. The van der Waals surface area contributed by atoms with Crippen molar-refractivity contribution in [1.82, 2.24) is 25.2 Å². The zero-order valence-corrected chi connectivity index (χ0v) is 16.9. The number of carbonyl (C=O) groups is 1. The smallest absolute Gasteiger partial charge is 0.263 e. The molecule has 1 aromatic carbocycles. The fraction of sp³-hybridized carbons (Fsp3) is 0.409. The van der Waals surface area contributed by atoms with Crippen molar-refractivity contribution >= 4 is 16.9 Å². The Labute approximate surface area is 169 Å². The van der Waals surface area contributed by atoms with Crippen LogP contribution in [0.2, 0.25) is 0 Å². The first kappa shape index (κ1) is 19.4. The molecular weight excluding hydrogens is 366 g/mol. The number of carbonyl (C=O) groups excluding carboxylic acids is 1. The molecule has 1 aliphatic rings. The maximum Gasteiger partial charge on any atom is 0.263 e. The number of aromatic nitrogens is 3. The average molecular weight is 393 g/mol. The molecule has 0 aliphatic carbocycles. The summed E-state index contributed by atoms with van der Waals surface area (Å²) in [5.41, 5.74) is 3.61. The largest absolute Gasteiger partial charge is 0.345 e. The van der Waals surface area contributed by atoms with E-state index in [0.29, 0.717) is 23.9 Å². The topological polar surface area (TPSA) is 91.8 Å². The summed E-state index contributed by atoms with van der Waals surface area (Å²) < 4.78 is 1.67. The number of rotatable bonds is 5. The predicted molar refractivity (Wildman–Crippen MR) is 113 cm³/mol. The van der Waals surface area contributed by atoms with Crippen LogP contribution >= 0.6 is 0 Å². The molecule has 4 rings (SSSR count). The van der Waals surface area contributed by atoms with Crippen LogP contribution in [-0.2, 0) is 13.1 Å². The first-order valence-electron chi connectivity index (χ1n) is 10.2. The van der Waals surface area contributed by atoms with Gasteiger partial charge in [-0.25, -0.2) is 4.98 Å². The third kappa shape index (κ3) is 4.24. The zero-order valence-electron chi connectivity index (χ0n) is 16.9. The Morgan fingerprint density at radius 2 is 2.17 bits per heavy atom. The minimum Gasteiger partial charge on any atom is -0.345 e. The molecule has 1 aliphatic heterocycles. The monoisotopic (exact) mass is 393 g/mol. The van der Waals surface area contributed by atoms with Crippen LogP contribution < -0.4 is 16.2 Å². The molecule has 0 spiro atoms. The first-order chi connectivity index (χ1) is 14.0. The normalized spacial score (nSPS) is 16.8. The summed E-state index contributed by atoms with van der Waals surface area (Å²) in [6, 6.07) is 7.82. The lowest BCUT2D eigenvalue weighted by atomic mass is 9.99. The highest BCUT2D eigenvalue weighted by Crippen LogP contribution is 2.14. The van der Waals surface area contributed by atoms with Crippen LogP contribution in [0, 0.1) is 19.8 Å². The predicted octanol–water partition coefficient (Wildman–Crippen LogP) is 2.27. The number of imidazole rings is 1. The molecule has 7 heteroatoms. The minimum absolute atomic E-state index is 0.211. The highest BCUT2D eigenvalue weighted by molar-refractivity contribution is 5.95. The Bertz CT molecular complexity index is 1090. The molecule has 3 heterocycles. The van der Waals surface area contributed by atoms with Gasteiger partial charge in [0.25, 0.3) is 11.5 Å². The Morgan fingerprint density at radius 3 is 2.97 bits per heavy atom. The number of nitrogens with zero attached hydrogens (tertiary/aromatic N) is 2. The summed E-state index contributed by atoms with van der Waals surface area (Å²) in [5.74, 6) is 0.723. The van der Waals surface area contributed by atoms with Gasteiger partial charge in [0.05, 0.1) is 17.6 Å².